The van der Waals surface area contributed by atoms with E-state index < -0.39 is 0 Å². The van der Waals surface area contributed by atoms with Crippen molar-refractivity contribution in [2.24, 2.45) is 32.4 Å². The molecule has 0 radical (unpaired) electrons. The summed E-state index contributed by atoms with van der Waals surface area (Å²) in [6, 6.07) is 18.2. The van der Waals surface area contributed by atoms with Crippen LogP contribution in [0.3, 0.4) is 0 Å². The van der Waals surface area contributed by atoms with Gasteiger partial charge in [0.05, 0.1) is 6.54 Å². The van der Waals surface area contributed by atoms with Gasteiger partial charge in [0.2, 0.25) is 0 Å². The number of hydrogen-bond donors (Lipinski definition) is 1. The molecule has 6 heteroatoms. The average molecular weight is 455 g/mol. The van der Waals surface area contributed by atoms with Crippen LogP contribution >= 0.6 is 0 Å². The third-order valence-corrected chi connectivity index (χ3v) is 7.54. The van der Waals surface area contributed by atoms with Gasteiger partial charge in [-0.25, -0.2) is 9.98 Å². The Morgan fingerprint density at radius 2 is 1.76 bits per heavy atom. The summed E-state index contributed by atoms with van der Waals surface area (Å²) in [6.07, 6.45) is 8.33. The normalized spacial score (nSPS) is 28.0. The molecule has 34 heavy (non-hydrogen) atoms. The van der Waals surface area contributed by atoms with E-state index in [0.29, 0.717) is 24.2 Å². The van der Waals surface area contributed by atoms with Crippen molar-refractivity contribution in [2.45, 2.75) is 38.6 Å². The second-order valence-corrected chi connectivity index (χ2v) is 9.61. The summed E-state index contributed by atoms with van der Waals surface area (Å²) in [5.41, 5.74) is 3.01. The van der Waals surface area contributed by atoms with Gasteiger partial charge >= 0.3 is 0 Å². The number of aliphatic imine (C=N–C) groups is 2. The smallest absolute Gasteiger partial charge is 0.157 e. The highest BCUT2D eigenvalue weighted by atomic mass is 16.5. The maximum absolute atomic E-state index is 10.7. The molecule has 2 aliphatic heterocycles. The van der Waals surface area contributed by atoms with Crippen molar-refractivity contribution in [1.29, 1.82) is 0 Å². The van der Waals surface area contributed by atoms with Crippen LogP contribution in [0.15, 0.2) is 87.6 Å². The minimum absolute atomic E-state index is 0.228. The predicted octanol–water partition coefficient (Wildman–Crippen LogP) is 6.37. The maximum atomic E-state index is 10.7. The zero-order valence-electron chi connectivity index (χ0n) is 19.5. The fourth-order valence-electron chi connectivity index (χ4n) is 5.75. The van der Waals surface area contributed by atoms with Crippen LogP contribution in [0.4, 0.5) is 0 Å². The van der Waals surface area contributed by atoms with E-state index in [9.17, 15) is 4.91 Å². The molecule has 5 rings (SSSR count). The van der Waals surface area contributed by atoms with Gasteiger partial charge in [0, 0.05) is 28.9 Å². The van der Waals surface area contributed by atoms with Crippen LogP contribution in [0.1, 0.15) is 38.2 Å². The molecule has 0 saturated heterocycles. The van der Waals surface area contributed by atoms with E-state index in [0.717, 1.165) is 54.0 Å². The first-order valence-corrected chi connectivity index (χ1v) is 12.0. The number of fused-ring (bicyclic) bond motifs is 1. The van der Waals surface area contributed by atoms with Crippen molar-refractivity contribution in [1.82, 2.24) is 5.32 Å². The van der Waals surface area contributed by atoms with Crippen molar-refractivity contribution < 1.29 is 4.74 Å². The number of ether oxygens (including phenoxy) is 1. The van der Waals surface area contributed by atoms with E-state index in [1.165, 1.54) is 0 Å². The maximum Gasteiger partial charge on any atom is 0.157 e. The fraction of sp³-hybridized carbons (Fsp3) is 0.357. The Bertz CT molecular complexity index is 1140. The third-order valence-electron chi connectivity index (χ3n) is 7.54. The summed E-state index contributed by atoms with van der Waals surface area (Å²) < 4.78 is 5.98. The van der Waals surface area contributed by atoms with Gasteiger partial charge in [-0.3, -0.25) is 0 Å². The van der Waals surface area contributed by atoms with Crippen LogP contribution in [-0.2, 0) is 0 Å². The first kappa shape index (κ1) is 22.3. The summed E-state index contributed by atoms with van der Waals surface area (Å²) >= 11 is 0. The largest absolute Gasteiger partial charge is 0.457 e. The fourth-order valence-corrected chi connectivity index (χ4v) is 5.75. The summed E-state index contributed by atoms with van der Waals surface area (Å²) in [5.74, 6) is 3.19. The Hall–Kier alpha value is -3.54. The lowest BCUT2D eigenvalue weighted by atomic mass is 9.67. The van der Waals surface area contributed by atoms with Crippen LogP contribution in [0.5, 0.6) is 11.5 Å². The Labute approximate surface area is 200 Å². The first-order valence-electron chi connectivity index (χ1n) is 12.0. The van der Waals surface area contributed by atoms with Gasteiger partial charge in [0.25, 0.3) is 0 Å². The topological polar surface area (TPSA) is 75.4 Å². The zero-order chi connectivity index (χ0) is 23.5. The van der Waals surface area contributed by atoms with Crippen molar-refractivity contribution in [3.05, 3.63) is 82.9 Å². The monoisotopic (exact) mass is 454 g/mol. The Balaban J connectivity index is 1.43. The number of nitroso groups, excluding NO2 is 1. The number of amidine groups is 1. The molecule has 0 spiro atoms. The highest BCUT2D eigenvalue weighted by Gasteiger charge is 2.50. The van der Waals surface area contributed by atoms with Gasteiger partial charge in [-0.05, 0) is 93.1 Å². The van der Waals surface area contributed by atoms with Crippen molar-refractivity contribution in [2.75, 3.05) is 6.54 Å². The van der Waals surface area contributed by atoms with E-state index in [1.54, 1.807) is 0 Å². The molecule has 0 aromatic heterocycles. The van der Waals surface area contributed by atoms with E-state index in [4.69, 9.17) is 4.74 Å². The van der Waals surface area contributed by atoms with Gasteiger partial charge < -0.3 is 10.1 Å². The average Bonchev–Trinajstić information content (AvgIpc) is 3.19. The minimum atomic E-state index is -0.229. The summed E-state index contributed by atoms with van der Waals surface area (Å²) in [5, 5.41) is 7.01. The SMILES string of the molecule is C=NC1=NC=CC2(C)C1=C(c1ccc(Oc3ccccc3)cc1)NC2C1CCC(CN=O)CC1. The van der Waals surface area contributed by atoms with Crippen LogP contribution < -0.4 is 10.1 Å². The summed E-state index contributed by atoms with van der Waals surface area (Å²) in [6.45, 7) is 6.51. The van der Waals surface area contributed by atoms with E-state index in [-0.39, 0.29) is 11.5 Å². The molecule has 2 aromatic rings. The molecular weight excluding hydrogens is 424 g/mol. The molecule has 174 valence electrons. The summed E-state index contributed by atoms with van der Waals surface area (Å²) in [4.78, 5) is 19.5. The van der Waals surface area contributed by atoms with Crippen molar-refractivity contribution in [3.63, 3.8) is 0 Å². The molecule has 3 aliphatic rings. The lowest BCUT2D eigenvalue weighted by Crippen LogP contribution is -2.44. The lowest BCUT2D eigenvalue weighted by molar-refractivity contribution is 0.192. The minimum Gasteiger partial charge on any atom is -0.457 e. The number of para-hydroxylation sites is 1. The molecule has 1 aliphatic carbocycles. The summed E-state index contributed by atoms with van der Waals surface area (Å²) in [7, 11) is 0. The Morgan fingerprint density at radius 1 is 1.06 bits per heavy atom. The molecule has 0 amide bonds. The lowest BCUT2D eigenvalue weighted by Gasteiger charge is -2.40. The molecule has 0 bridgehead atoms. The number of hydrogen-bond acceptors (Lipinski definition) is 6. The van der Waals surface area contributed by atoms with Gasteiger partial charge in [-0.1, -0.05) is 29.5 Å². The van der Waals surface area contributed by atoms with E-state index in [1.807, 2.05) is 48.7 Å². The van der Waals surface area contributed by atoms with Gasteiger partial charge in [-0.2, -0.15) is 4.91 Å². The first-order chi connectivity index (χ1) is 16.6. The number of nitrogens with one attached hydrogen (secondary N) is 1. The second-order valence-electron chi connectivity index (χ2n) is 9.61. The highest BCUT2D eigenvalue weighted by molar-refractivity contribution is 6.10. The van der Waals surface area contributed by atoms with Gasteiger partial charge in [-0.15, -0.1) is 0 Å². The third kappa shape index (κ3) is 4.09. The molecule has 2 heterocycles. The molecular formula is C28H30N4O2. The molecule has 1 N–H and O–H groups in total. The number of rotatable bonds is 6. The van der Waals surface area contributed by atoms with E-state index >= 15 is 0 Å². The zero-order valence-corrected chi connectivity index (χ0v) is 19.5. The van der Waals surface area contributed by atoms with Crippen LogP contribution in [0, 0.1) is 22.2 Å². The molecule has 2 unspecified atom stereocenters. The molecule has 2 atom stereocenters. The standard InChI is InChI=1S/C28H30N4O2/c1-28-16-17-30-27(29-2)24(28)25(32-26(28)21-10-8-19(9-11-21)18-31-33)20-12-14-23(15-13-20)34-22-6-4-3-5-7-22/h3-7,12-17,19,21,26,32H,2,8-11,18H2,1H3. The predicted molar refractivity (Wildman–Crippen MR) is 137 cm³/mol. The van der Waals surface area contributed by atoms with Crippen LogP contribution in [0.25, 0.3) is 5.70 Å². The number of benzene rings is 2. The second kappa shape index (κ2) is 9.37. The molecule has 1 saturated carbocycles. The van der Waals surface area contributed by atoms with Crippen LogP contribution in [-0.4, -0.2) is 25.1 Å². The Kier molecular flexibility index (Phi) is 6.14. The van der Waals surface area contributed by atoms with E-state index in [2.05, 4.69) is 52.3 Å². The van der Waals surface area contributed by atoms with Crippen molar-refractivity contribution in [3.8, 4) is 11.5 Å². The van der Waals surface area contributed by atoms with Crippen molar-refractivity contribution >= 4 is 18.3 Å². The van der Waals surface area contributed by atoms with Crippen LogP contribution in [0.2, 0.25) is 0 Å². The quantitative estimate of drug-likeness (QED) is 0.407. The molecule has 2 aromatic carbocycles. The van der Waals surface area contributed by atoms with Gasteiger partial charge in [0.1, 0.15) is 11.5 Å². The van der Waals surface area contributed by atoms with Gasteiger partial charge in [0.15, 0.2) is 5.84 Å². The molecule has 1 fully saturated rings. The molecule has 6 nitrogen and oxygen atoms in total. The Morgan fingerprint density at radius 3 is 2.44 bits per heavy atom. The highest BCUT2D eigenvalue weighted by Crippen LogP contribution is 2.50. The number of nitrogens with zero attached hydrogens (tertiary/aromatic N) is 3.